The van der Waals surface area contributed by atoms with Crippen LogP contribution in [0.2, 0.25) is 0 Å². The molecule has 2 nitrogen and oxygen atoms in total. The van der Waals surface area contributed by atoms with Crippen LogP contribution in [0.15, 0.2) is 42.5 Å². The molecule has 2 heterocycles. The molecule has 0 amide bonds. The van der Waals surface area contributed by atoms with Crippen molar-refractivity contribution in [1.82, 2.24) is 0 Å². The summed E-state index contributed by atoms with van der Waals surface area (Å²) < 4.78 is 12.1. The van der Waals surface area contributed by atoms with Gasteiger partial charge in [-0.3, -0.25) is 0 Å². The molecule has 0 spiro atoms. The van der Waals surface area contributed by atoms with Gasteiger partial charge in [0, 0.05) is 0 Å². The van der Waals surface area contributed by atoms with Crippen molar-refractivity contribution < 1.29 is 9.47 Å². The van der Waals surface area contributed by atoms with E-state index in [9.17, 15) is 0 Å². The number of para-hydroxylation sites is 1. The van der Waals surface area contributed by atoms with Crippen LogP contribution in [-0.2, 0) is 19.3 Å². The lowest BCUT2D eigenvalue weighted by atomic mass is 9.88. The standard InChI is InChI=1S/C22H26O2/c1-15-11-19-13-17(7-9-21(19)23-14-15)12-16(2)20-10-8-18-5-3-4-6-22(18)24-20/h3-7,9,13,15-16,20H,8,10-12,14H2,1-2H3. The largest absolute Gasteiger partial charge is 0.493 e. The molecule has 0 aromatic heterocycles. The Morgan fingerprint density at radius 2 is 1.96 bits per heavy atom. The summed E-state index contributed by atoms with van der Waals surface area (Å²) >= 11 is 0. The van der Waals surface area contributed by atoms with E-state index < -0.39 is 0 Å². The normalized spacial score (nSPS) is 23.4. The van der Waals surface area contributed by atoms with Crippen LogP contribution in [0.5, 0.6) is 11.5 Å². The van der Waals surface area contributed by atoms with Crippen molar-refractivity contribution in [2.45, 2.75) is 45.6 Å². The summed E-state index contributed by atoms with van der Waals surface area (Å²) in [6.45, 7) is 5.42. The van der Waals surface area contributed by atoms with Gasteiger partial charge in [-0.2, -0.15) is 0 Å². The predicted molar refractivity (Wildman–Crippen MR) is 96.9 cm³/mol. The minimum Gasteiger partial charge on any atom is -0.493 e. The van der Waals surface area contributed by atoms with Crippen molar-refractivity contribution in [2.75, 3.05) is 6.61 Å². The molecule has 3 atom stereocenters. The fourth-order valence-electron chi connectivity index (χ4n) is 3.98. The highest BCUT2D eigenvalue weighted by molar-refractivity contribution is 5.39. The monoisotopic (exact) mass is 322 g/mol. The summed E-state index contributed by atoms with van der Waals surface area (Å²) in [6.07, 6.45) is 4.75. The van der Waals surface area contributed by atoms with Crippen LogP contribution in [0.25, 0.3) is 0 Å². The number of benzene rings is 2. The van der Waals surface area contributed by atoms with E-state index >= 15 is 0 Å². The molecular weight excluding hydrogens is 296 g/mol. The van der Waals surface area contributed by atoms with Gasteiger partial charge in [-0.05, 0) is 66.3 Å². The first-order valence-corrected chi connectivity index (χ1v) is 9.18. The summed E-state index contributed by atoms with van der Waals surface area (Å²) in [5, 5.41) is 0. The van der Waals surface area contributed by atoms with Gasteiger partial charge in [0.15, 0.2) is 0 Å². The van der Waals surface area contributed by atoms with E-state index in [1.807, 2.05) is 0 Å². The molecule has 2 aliphatic heterocycles. The molecule has 2 aromatic carbocycles. The summed E-state index contributed by atoms with van der Waals surface area (Å²) in [5.41, 5.74) is 4.12. The van der Waals surface area contributed by atoms with Crippen molar-refractivity contribution in [1.29, 1.82) is 0 Å². The number of hydrogen-bond donors (Lipinski definition) is 0. The quantitative estimate of drug-likeness (QED) is 0.806. The summed E-state index contributed by atoms with van der Waals surface area (Å²) in [5.74, 6) is 3.28. The Hall–Kier alpha value is -1.96. The molecule has 0 saturated heterocycles. The van der Waals surface area contributed by atoms with Crippen LogP contribution in [0, 0.1) is 11.8 Å². The van der Waals surface area contributed by atoms with Gasteiger partial charge in [-0.15, -0.1) is 0 Å². The molecule has 0 bridgehead atoms. The minimum atomic E-state index is 0.311. The number of aryl methyl sites for hydroxylation is 1. The molecule has 2 heteroatoms. The van der Waals surface area contributed by atoms with Gasteiger partial charge in [0.25, 0.3) is 0 Å². The summed E-state index contributed by atoms with van der Waals surface area (Å²) in [6, 6.07) is 15.2. The fraction of sp³-hybridized carbons (Fsp3) is 0.455. The molecule has 0 saturated carbocycles. The molecule has 0 N–H and O–H groups in total. The first kappa shape index (κ1) is 15.6. The smallest absolute Gasteiger partial charge is 0.122 e. The molecule has 0 radical (unpaired) electrons. The second-order valence-electron chi connectivity index (χ2n) is 7.55. The maximum Gasteiger partial charge on any atom is 0.122 e. The van der Waals surface area contributed by atoms with Crippen molar-refractivity contribution in [3.05, 3.63) is 59.2 Å². The van der Waals surface area contributed by atoms with E-state index in [4.69, 9.17) is 9.47 Å². The van der Waals surface area contributed by atoms with Gasteiger partial charge in [-0.1, -0.05) is 44.2 Å². The number of fused-ring (bicyclic) bond motifs is 2. The molecule has 126 valence electrons. The highest BCUT2D eigenvalue weighted by Crippen LogP contribution is 2.32. The van der Waals surface area contributed by atoms with Crippen molar-refractivity contribution in [2.24, 2.45) is 11.8 Å². The molecule has 24 heavy (non-hydrogen) atoms. The number of hydrogen-bond acceptors (Lipinski definition) is 2. The van der Waals surface area contributed by atoms with Gasteiger partial charge in [0.05, 0.1) is 6.61 Å². The van der Waals surface area contributed by atoms with Crippen molar-refractivity contribution in [3.8, 4) is 11.5 Å². The first-order valence-electron chi connectivity index (χ1n) is 9.18. The molecule has 3 unspecified atom stereocenters. The predicted octanol–water partition coefficient (Wildman–Crippen LogP) is 4.83. The van der Waals surface area contributed by atoms with E-state index in [1.165, 1.54) is 16.7 Å². The fourth-order valence-corrected chi connectivity index (χ4v) is 3.98. The zero-order chi connectivity index (χ0) is 16.5. The average Bonchev–Trinajstić information content (AvgIpc) is 2.61. The van der Waals surface area contributed by atoms with Gasteiger partial charge in [0.1, 0.15) is 17.6 Å². The number of rotatable bonds is 3. The topological polar surface area (TPSA) is 18.5 Å². The van der Waals surface area contributed by atoms with Crippen LogP contribution in [-0.4, -0.2) is 12.7 Å². The van der Waals surface area contributed by atoms with Crippen molar-refractivity contribution >= 4 is 0 Å². The molecule has 0 aliphatic carbocycles. The number of ether oxygens (including phenoxy) is 2. The van der Waals surface area contributed by atoms with Gasteiger partial charge in [0.2, 0.25) is 0 Å². The second kappa shape index (κ2) is 6.51. The first-order chi connectivity index (χ1) is 11.7. The molecule has 0 fully saturated rings. The Balaban J connectivity index is 1.45. The van der Waals surface area contributed by atoms with Gasteiger partial charge < -0.3 is 9.47 Å². The maximum absolute atomic E-state index is 6.27. The minimum absolute atomic E-state index is 0.311. The van der Waals surface area contributed by atoms with Crippen LogP contribution < -0.4 is 9.47 Å². The maximum atomic E-state index is 6.27. The van der Waals surface area contributed by atoms with E-state index in [0.29, 0.717) is 17.9 Å². The third-order valence-electron chi connectivity index (χ3n) is 5.36. The lowest BCUT2D eigenvalue weighted by molar-refractivity contribution is 0.118. The SMILES string of the molecule is CC1COc2ccc(CC(C)C3CCc4ccccc4O3)cc2C1. The van der Waals surface area contributed by atoms with Gasteiger partial charge >= 0.3 is 0 Å². The lowest BCUT2D eigenvalue weighted by Crippen LogP contribution is -2.30. The Labute approximate surface area is 144 Å². The Morgan fingerprint density at radius 3 is 2.88 bits per heavy atom. The van der Waals surface area contributed by atoms with E-state index in [2.05, 4.69) is 56.3 Å². The molecule has 4 rings (SSSR count). The molecule has 2 aliphatic rings. The zero-order valence-corrected chi connectivity index (χ0v) is 14.6. The van der Waals surface area contributed by atoms with Crippen LogP contribution in [0.1, 0.15) is 37.0 Å². The van der Waals surface area contributed by atoms with Crippen molar-refractivity contribution in [3.63, 3.8) is 0 Å². The third kappa shape index (κ3) is 3.15. The Bertz CT molecular complexity index is 722. The van der Waals surface area contributed by atoms with E-state index in [1.54, 1.807) is 0 Å². The van der Waals surface area contributed by atoms with E-state index in [0.717, 1.165) is 43.8 Å². The molecule has 2 aromatic rings. The summed E-state index contributed by atoms with van der Waals surface area (Å²) in [7, 11) is 0. The van der Waals surface area contributed by atoms with Gasteiger partial charge in [-0.25, -0.2) is 0 Å². The average molecular weight is 322 g/mol. The Kier molecular flexibility index (Phi) is 4.22. The third-order valence-corrected chi connectivity index (χ3v) is 5.36. The lowest BCUT2D eigenvalue weighted by Gasteiger charge is -2.31. The second-order valence-corrected chi connectivity index (χ2v) is 7.55. The molecular formula is C22H26O2. The van der Waals surface area contributed by atoms with Crippen LogP contribution in [0.4, 0.5) is 0 Å². The zero-order valence-electron chi connectivity index (χ0n) is 14.6. The Morgan fingerprint density at radius 1 is 1.08 bits per heavy atom. The highest BCUT2D eigenvalue weighted by atomic mass is 16.5. The van der Waals surface area contributed by atoms with Crippen LogP contribution in [0.3, 0.4) is 0 Å². The highest BCUT2D eigenvalue weighted by Gasteiger charge is 2.25. The summed E-state index contributed by atoms with van der Waals surface area (Å²) in [4.78, 5) is 0. The van der Waals surface area contributed by atoms with Crippen LogP contribution >= 0.6 is 0 Å². The van der Waals surface area contributed by atoms with E-state index in [-0.39, 0.29) is 0 Å².